The van der Waals surface area contributed by atoms with E-state index in [1.165, 1.54) is 19.1 Å². The third kappa shape index (κ3) is 7.42. The number of halogens is 3. The van der Waals surface area contributed by atoms with Crippen LogP contribution in [-0.2, 0) is 15.7 Å². The fourth-order valence-corrected chi connectivity index (χ4v) is 2.89. The number of nitrogens with zero attached hydrogens (tertiary/aromatic N) is 1. The van der Waals surface area contributed by atoms with Gasteiger partial charge in [0.15, 0.2) is 6.23 Å². The molecule has 0 saturated heterocycles. The number of carbonyl (C=O) groups is 1. The number of rotatable bonds is 9. The summed E-state index contributed by atoms with van der Waals surface area (Å²) in [4.78, 5) is 13.0. The first kappa shape index (κ1) is 22.7. The quantitative estimate of drug-likeness (QED) is 0.408. The van der Waals surface area contributed by atoms with Gasteiger partial charge >= 0.3 is 12.1 Å². The first-order valence-electron chi connectivity index (χ1n) is 9.43. The minimum atomic E-state index is -4.37. The zero-order valence-corrected chi connectivity index (χ0v) is 16.8. The highest BCUT2D eigenvalue weighted by molar-refractivity contribution is 5.66. The molecule has 2 aromatic rings. The summed E-state index contributed by atoms with van der Waals surface area (Å²) in [7, 11) is 1.86. The van der Waals surface area contributed by atoms with Crippen molar-refractivity contribution in [2.75, 3.05) is 13.6 Å². The number of esters is 1. The normalized spacial score (nSPS) is 13.8. The summed E-state index contributed by atoms with van der Waals surface area (Å²) in [6.07, 6.45) is -3.60. The molecule has 0 heterocycles. The van der Waals surface area contributed by atoms with E-state index in [0.29, 0.717) is 18.7 Å². The van der Waals surface area contributed by atoms with Crippen molar-refractivity contribution in [3.05, 3.63) is 65.7 Å². The Morgan fingerprint density at radius 2 is 1.69 bits per heavy atom. The molecule has 29 heavy (non-hydrogen) atoms. The number of alkyl halides is 3. The molecule has 0 radical (unpaired) electrons. The molecule has 158 valence electrons. The van der Waals surface area contributed by atoms with Crippen LogP contribution in [0.2, 0.25) is 0 Å². The van der Waals surface area contributed by atoms with Gasteiger partial charge in [-0.2, -0.15) is 13.2 Å². The predicted molar refractivity (Wildman–Crippen MR) is 104 cm³/mol. The maximum absolute atomic E-state index is 12.8. The van der Waals surface area contributed by atoms with Crippen molar-refractivity contribution >= 4 is 5.97 Å². The van der Waals surface area contributed by atoms with Gasteiger partial charge in [0.25, 0.3) is 0 Å². The highest BCUT2D eigenvalue weighted by Crippen LogP contribution is 2.32. The van der Waals surface area contributed by atoms with E-state index in [0.717, 1.165) is 24.1 Å². The lowest BCUT2D eigenvalue weighted by Gasteiger charge is -2.25. The molecule has 0 saturated carbocycles. The molecule has 2 rings (SSSR count). The molecule has 0 amide bonds. The van der Waals surface area contributed by atoms with Crippen LogP contribution in [0.3, 0.4) is 0 Å². The van der Waals surface area contributed by atoms with Crippen LogP contribution in [0.5, 0.6) is 5.75 Å². The average molecular weight is 409 g/mol. The zero-order chi connectivity index (χ0) is 21.4. The molecule has 7 heteroatoms. The molecule has 0 fully saturated rings. The maximum Gasteiger partial charge on any atom is 0.416 e. The van der Waals surface area contributed by atoms with E-state index in [9.17, 15) is 18.0 Å². The molecule has 0 bridgehead atoms. The van der Waals surface area contributed by atoms with E-state index in [1.807, 2.05) is 42.3 Å². The van der Waals surface area contributed by atoms with Gasteiger partial charge in [0.05, 0.1) is 5.56 Å². The van der Waals surface area contributed by atoms with Crippen molar-refractivity contribution in [1.29, 1.82) is 0 Å². The number of benzene rings is 2. The van der Waals surface area contributed by atoms with Crippen molar-refractivity contribution in [2.24, 2.45) is 0 Å². The molecule has 0 spiro atoms. The first-order chi connectivity index (χ1) is 13.7. The second kappa shape index (κ2) is 10.3. The SMILES string of the molecule is CC(=O)OC(C)N(C)CCCC(Oc1ccc(C(F)(F)F)cc1)c1ccccc1. The van der Waals surface area contributed by atoms with Crippen LogP contribution >= 0.6 is 0 Å². The Balaban J connectivity index is 2.02. The largest absolute Gasteiger partial charge is 0.486 e. The molecule has 0 aromatic heterocycles. The van der Waals surface area contributed by atoms with Crippen LogP contribution < -0.4 is 4.74 Å². The second-order valence-electron chi connectivity index (χ2n) is 6.87. The van der Waals surface area contributed by atoms with E-state index in [-0.39, 0.29) is 18.3 Å². The van der Waals surface area contributed by atoms with Crippen LogP contribution in [0.15, 0.2) is 54.6 Å². The van der Waals surface area contributed by atoms with Crippen molar-refractivity contribution < 1.29 is 27.4 Å². The van der Waals surface area contributed by atoms with Crippen molar-refractivity contribution in [3.8, 4) is 5.75 Å². The lowest BCUT2D eigenvalue weighted by Crippen LogP contribution is -2.33. The van der Waals surface area contributed by atoms with Crippen molar-refractivity contribution in [1.82, 2.24) is 4.90 Å². The minimum absolute atomic E-state index is 0.301. The van der Waals surface area contributed by atoms with E-state index >= 15 is 0 Å². The Bertz CT molecular complexity index is 763. The summed E-state index contributed by atoms with van der Waals surface area (Å²) >= 11 is 0. The highest BCUT2D eigenvalue weighted by atomic mass is 19.4. The summed E-state index contributed by atoms with van der Waals surface area (Å²) in [6.45, 7) is 3.84. The number of hydrogen-bond donors (Lipinski definition) is 0. The fraction of sp³-hybridized carbons (Fsp3) is 0.409. The average Bonchev–Trinajstić information content (AvgIpc) is 2.67. The topological polar surface area (TPSA) is 38.8 Å². The van der Waals surface area contributed by atoms with Crippen LogP contribution in [0.4, 0.5) is 13.2 Å². The fourth-order valence-electron chi connectivity index (χ4n) is 2.89. The highest BCUT2D eigenvalue weighted by Gasteiger charge is 2.30. The summed E-state index contributed by atoms with van der Waals surface area (Å²) < 4.78 is 49.4. The van der Waals surface area contributed by atoms with Gasteiger partial charge in [-0.25, -0.2) is 0 Å². The zero-order valence-electron chi connectivity index (χ0n) is 16.8. The lowest BCUT2D eigenvalue weighted by molar-refractivity contribution is -0.153. The third-order valence-electron chi connectivity index (χ3n) is 4.57. The Kier molecular flexibility index (Phi) is 8.08. The molecular formula is C22H26F3NO3. The van der Waals surface area contributed by atoms with Gasteiger partial charge in [-0.1, -0.05) is 30.3 Å². The van der Waals surface area contributed by atoms with E-state index < -0.39 is 11.7 Å². The standard InChI is InChI=1S/C22H26F3NO3/c1-16(28-17(2)27)26(3)15-7-10-21(18-8-5-4-6-9-18)29-20-13-11-19(12-14-20)22(23,24)25/h4-6,8-9,11-14,16,21H,7,10,15H2,1-3H3. The number of carbonyl (C=O) groups excluding carboxylic acids is 1. The summed E-state index contributed by atoms with van der Waals surface area (Å²) in [5, 5.41) is 0. The molecule has 0 N–H and O–H groups in total. The number of hydrogen-bond acceptors (Lipinski definition) is 4. The summed E-state index contributed by atoms with van der Waals surface area (Å²) in [5.74, 6) is 0.0469. The Morgan fingerprint density at radius 1 is 1.07 bits per heavy atom. The van der Waals surface area contributed by atoms with Crippen LogP contribution in [0.1, 0.15) is 43.9 Å². The molecular weight excluding hydrogens is 383 g/mol. The first-order valence-corrected chi connectivity index (χ1v) is 9.43. The smallest absolute Gasteiger partial charge is 0.416 e. The monoisotopic (exact) mass is 409 g/mol. The molecule has 2 aromatic carbocycles. The Hall–Kier alpha value is -2.54. The number of ether oxygens (including phenoxy) is 2. The molecule has 0 aliphatic rings. The lowest BCUT2D eigenvalue weighted by atomic mass is 10.0. The van der Waals surface area contributed by atoms with Gasteiger partial charge in [0.2, 0.25) is 0 Å². The molecule has 0 aliphatic carbocycles. The van der Waals surface area contributed by atoms with E-state index in [1.54, 1.807) is 6.92 Å². The molecule has 0 aliphatic heterocycles. The van der Waals surface area contributed by atoms with Crippen LogP contribution in [-0.4, -0.2) is 30.7 Å². The van der Waals surface area contributed by atoms with Gasteiger partial charge < -0.3 is 9.47 Å². The summed E-state index contributed by atoms with van der Waals surface area (Å²) in [6, 6.07) is 14.3. The van der Waals surface area contributed by atoms with Crippen molar-refractivity contribution in [2.45, 2.75) is 45.2 Å². The van der Waals surface area contributed by atoms with Gasteiger partial charge in [0.1, 0.15) is 11.9 Å². The van der Waals surface area contributed by atoms with Gasteiger partial charge in [-0.3, -0.25) is 9.69 Å². The third-order valence-corrected chi connectivity index (χ3v) is 4.57. The molecule has 2 atom stereocenters. The van der Waals surface area contributed by atoms with Crippen molar-refractivity contribution in [3.63, 3.8) is 0 Å². The Morgan fingerprint density at radius 3 is 2.24 bits per heavy atom. The van der Waals surface area contributed by atoms with Gasteiger partial charge in [-0.05, 0) is 56.6 Å². The second-order valence-corrected chi connectivity index (χ2v) is 6.87. The minimum Gasteiger partial charge on any atom is -0.486 e. The van der Waals surface area contributed by atoms with E-state index in [2.05, 4.69) is 0 Å². The molecule has 2 unspecified atom stereocenters. The maximum atomic E-state index is 12.8. The van der Waals surface area contributed by atoms with E-state index in [4.69, 9.17) is 9.47 Å². The van der Waals surface area contributed by atoms with Crippen LogP contribution in [0.25, 0.3) is 0 Å². The van der Waals surface area contributed by atoms with Crippen LogP contribution in [0, 0.1) is 0 Å². The molecule has 4 nitrogen and oxygen atoms in total. The van der Waals surface area contributed by atoms with Gasteiger partial charge in [-0.15, -0.1) is 0 Å². The summed E-state index contributed by atoms with van der Waals surface area (Å²) in [5.41, 5.74) is 0.241. The predicted octanol–water partition coefficient (Wildman–Crippen LogP) is 5.45. The Labute approximate surface area is 169 Å². The van der Waals surface area contributed by atoms with Gasteiger partial charge in [0, 0.05) is 13.5 Å².